The fourth-order valence-corrected chi connectivity index (χ4v) is 3.12. The van der Waals surface area contributed by atoms with Crippen LogP contribution in [0.25, 0.3) is 0 Å². The number of aliphatic hydroxyl groups is 1. The molecule has 0 saturated heterocycles. The van der Waals surface area contributed by atoms with Crippen molar-refractivity contribution < 1.29 is 9.84 Å². The monoisotopic (exact) mass is 436 g/mol. The van der Waals surface area contributed by atoms with Crippen molar-refractivity contribution in [2.24, 2.45) is 0 Å². The third-order valence-corrected chi connectivity index (χ3v) is 4.52. The molecule has 1 unspecified atom stereocenters. The predicted octanol–water partition coefficient (Wildman–Crippen LogP) is 3.33. The van der Waals surface area contributed by atoms with Gasteiger partial charge >= 0.3 is 0 Å². The van der Waals surface area contributed by atoms with Gasteiger partial charge in [-0.05, 0) is 64.6 Å². The second-order valence-corrected chi connectivity index (χ2v) is 8.17. The van der Waals surface area contributed by atoms with E-state index in [2.05, 4.69) is 20.5 Å². The van der Waals surface area contributed by atoms with E-state index in [4.69, 9.17) is 9.72 Å². The first-order valence-electron chi connectivity index (χ1n) is 10.5. The molecule has 3 rings (SSSR count). The fourth-order valence-electron chi connectivity index (χ4n) is 3.12. The highest BCUT2D eigenvalue weighted by molar-refractivity contribution is 5.62. The van der Waals surface area contributed by atoms with E-state index >= 15 is 0 Å². The maximum atomic E-state index is 9.93. The third-order valence-electron chi connectivity index (χ3n) is 4.52. The second-order valence-electron chi connectivity index (χ2n) is 8.17. The molecule has 0 aliphatic heterocycles. The van der Waals surface area contributed by atoms with Gasteiger partial charge in [-0.25, -0.2) is 4.98 Å². The molecular formula is C24H32N6O2. The van der Waals surface area contributed by atoms with Crippen molar-refractivity contribution in [1.82, 2.24) is 19.8 Å². The lowest BCUT2D eigenvalue weighted by molar-refractivity contribution is 0.0831. The zero-order valence-corrected chi connectivity index (χ0v) is 19.1. The fraction of sp³-hybridized carbons (Fsp3) is 0.333. The average molecular weight is 437 g/mol. The number of hydrogen-bond acceptors (Lipinski definition) is 8. The molecule has 1 aromatic heterocycles. The van der Waals surface area contributed by atoms with Crippen LogP contribution < -0.4 is 15.4 Å². The van der Waals surface area contributed by atoms with Crippen LogP contribution in [0.15, 0.2) is 60.8 Å². The summed E-state index contributed by atoms with van der Waals surface area (Å²) >= 11 is 0. The molecule has 2 aromatic carbocycles. The molecule has 0 aliphatic rings. The van der Waals surface area contributed by atoms with Crippen molar-refractivity contribution in [3.8, 4) is 5.75 Å². The van der Waals surface area contributed by atoms with Gasteiger partial charge in [-0.15, -0.1) is 0 Å². The Balaban J connectivity index is 1.67. The van der Waals surface area contributed by atoms with Gasteiger partial charge in [0.2, 0.25) is 5.95 Å². The van der Waals surface area contributed by atoms with E-state index < -0.39 is 6.10 Å². The number of para-hydroxylation sites is 1. The summed E-state index contributed by atoms with van der Waals surface area (Å²) in [7, 11) is 7.86. The Morgan fingerprint density at radius 3 is 2.25 bits per heavy atom. The predicted molar refractivity (Wildman–Crippen MR) is 129 cm³/mol. The summed E-state index contributed by atoms with van der Waals surface area (Å²) in [6.45, 7) is 1.53. The Bertz CT molecular complexity index is 964. The summed E-state index contributed by atoms with van der Waals surface area (Å²) in [5.74, 6) is 1.96. The molecule has 3 N–H and O–H groups in total. The maximum absolute atomic E-state index is 9.93. The Morgan fingerprint density at radius 1 is 0.906 bits per heavy atom. The van der Waals surface area contributed by atoms with Gasteiger partial charge in [-0.3, -0.25) is 0 Å². The number of likely N-dealkylation sites (N-methyl/N-ethyl adjacent to an activating group) is 1. The average Bonchev–Trinajstić information content (AvgIpc) is 2.75. The van der Waals surface area contributed by atoms with Gasteiger partial charge in [0.05, 0.1) is 0 Å². The Morgan fingerprint density at radius 2 is 1.59 bits per heavy atom. The molecule has 3 aromatic rings. The maximum Gasteiger partial charge on any atom is 0.229 e. The third kappa shape index (κ3) is 7.49. The van der Waals surface area contributed by atoms with E-state index in [9.17, 15) is 5.11 Å². The van der Waals surface area contributed by atoms with Crippen molar-refractivity contribution in [3.63, 3.8) is 0 Å². The molecule has 32 heavy (non-hydrogen) atoms. The van der Waals surface area contributed by atoms with E-state index in [-0.39, 0.29) is 6.61 Å². The summed E-state index contributed by atoms with van der Waals surface area (Å²) in [5, 5.41) is 16.6. The minimum Gasteiger partial charge on any atom is -0.491 e. The van der Waals surface area contributed by atoms with Crippen molar-refractivity contribution in [2.75, 3.05) is 52.0 Å². The van der Waals surface area contributed by atoms with Crippen LogP contribution in [0.5, 0.6) is 5.75 Å². The standard InChI is InChI=1S/C24H32N6O2/c1-29(2)15-18-14-25-24(28-23(18)26-19-8-6-5-7-9-19)27-20-10-12-22(13-11-20)32-17-21(31)16-30(3)4/h5-14,21,31H,15-17H2,1-4H3,(H2,25,26,27,28). The number of anilines is 4. The summed E-state index contributed by atoms with van der Waals surface area (Å²) in [6.07, 6.45) is 1.30. The molecule has 0 bridgehead atoms. The van der Waals surface area contributed by atoms with Gasteiger partial charge in [-0.1, -0.05) is 18.2 Å². The highest BCUT2D eigenvalue weighted by atomic mass is 16.5. The van der Waals surface area contributed by atoms with Gasteiger partial charge in [0.25, 0.3) is 0 Å². The lowest BCUT2D eigenvalue weighted by Gasteiger charge is -2.17. The van der Waals surface area contributed by atoms with Crippen LogP contribution in [0.1, 0.15) is 5.56 Å². The molecule has 0 radical (unpaired) electrons. The molecule has 0 amide bonds. The Hall–Kier alpha value is -3.20. The van der Waals surface area contributed by atoms with Crippen LogP contribution in [0, 0.1) is 0 Å². The first kappa shape index (κ1) is 23.5. The van der Waals surface area contributed by atoms with Crippen LogP contribution in [0.3, 0.4) is 0 Å². The number of nitrogens with zero attached hydrogens (tertiary/aromatic N) is 4. The number of nitrogens with one attached hydrogen (secondary N) is 2. The molecule has 0 saturated carbocycles. The minimum absolute atomic E-state index is 0.246. The first-order valence-corrected chi connectivity index (χ1v) is 10.5. The molecule has 170 valence electrons. The lowest BCUT2D eigenvalue weighted by atomic mass is 10.2. The number of aliphatic hydroxyl groups excluding tert-OH is 1. The van der Waals surface area contributed by atoms with Gasteiger partial charge in [-0.2, -0.15) is 4.98 Å². The summed E-state index contributed by atoms with van der Waals surface area (Å²) < 4.78 is 5.66. The van der Waals surface area contributed by atoms with Crippen molar-refractivity contribution in [3.05, 3.63) is 66.4 Å². The van der Waals surface area contributed by atoms with E-state index in [1.165, 1.54) is 0 Å². The molecule has 8 heteroatoms. The van der Waals surface area contributed by atoms with Gasteiger partial charge in [0, 0.05) is 36.2 Å². The SMILES string of the molecule is CN(C)Cc1cnc(Nc2ccc(OCC(O)CN(C)C)cc2)nc1Nc1ccccc1. The molecule has 0 spiro atoms. The van der Waals surface area contributed by atoms with Crippen molar-refractivity contribution in [1.29, 1.82) is 0 Å². The van der Waals surface area contributed by atoms with E-state index in [1.54, 1.807) is 0 Å². The minimum atomic E-state index is -0.535. The number of rotatable bonds is 11. The zero-order chi connectivity index (χ0) is 22.9. The second kappa shape index (κ2) is 11.4. The zero-order valence-electron chi connectivity index (χ0n) is 19.1. The summed E-state index contributed by atoms with van der Waals surface area (Å²) in [5.41, 5.74) is 2.82. The van der Waals surface area contributed by atoms with Crippen LogP contribution >= 0.6 is 0 Å². The molecule has 8 nitrogen and oxygen atoms in total. The highest BCUT2D eigenvalue weighted by Gasteiger charge is 2.10. The number of ether oxygens (including phenoxy) is 1. The first-order chi connectivity index (χ1) is 15.4. The van der Waals surface area contributed by atoms with Gasteiger partial charge < -0.3 is 30.3 Å². The highest BCUT2D eigenvalue weighted by Crippen LogP contribution is 2.23. The Kier molecular flexibility index (Phi) is 8.38. The molecule has 0 fully saturated rings. The quantitative estimate of drug-likeness (QED) is 0.422. The topological polar surface area (TPSA) is 85.8 Å². The number of aromatic nitrogens is 2. The molecule has 1 atom stereocenters. The van der Waals surface area contributed by atoms with Gasteiger partial charge in [0.1, 0.15) is 24.3 Å². The van der Waals surface area contributed by atoms with Crippen LogP contribution in [0.4, 0.5) is 23.1 Å². The number of benzene rings is 2. The lowest BCUT2D eigenvalue weighted by Crippen LogP contribution is -2.30. The smallest absolute Gasteiger partial charge is 0.229 e. The summed E-state index contributed by atoms with van der Waals surface area (Å²) in [6, 6.07) is 17.5. The molecular weight excluding hydrogens is 404 g/mol. The van der Waals surface area contributed by atoms with Crippen molar-refractivity contribution in [2.45, 2.75) is 12.6 Å². The van der Waals surface area contributed by atoms with E-state index in [0.717, 1.165) is 29.3 Å². The van der Waals surface area contributed by atoms with Gasteiger partial charge in [0.15, 0.2) is 0 Å². The Labute approximate surface area is 189 Å². The van der Waals surface area contributed by atoms with E-state index in [0.29, 0.717) is 18.2 Å². The molecule has 1 heterocycles. The molecule has 0 aliphatic carbocycles. The summed E-state index contributed by atoms with van der Waals surface area (Å²) in [4.78, 5) is 13.2. The largest absolute Gasteiger partial charge is 0.491 e. The van der Waals surface area contributed by atoms with Crippen LogP contribution in [-0.4, -0.2) is 72.3 Å². The van der Waals surface area contributed by atoms with E-state index in [1.807, 2.05) is 93.9 Å². The normalized spacial score (nSPS) is 12.1. The van der Waals surface area contributed by atoms with Crippen LogP contribution in [0.2, 0.25) is 0 Å². The van der Waals surface area contributed by atoms with Crippen molar-refractivity contribution >= 4 is 23.1 Å². The van der Waals surface area contributed by atoms with Crippen LogP contribution in [-0.2, 0) is 6.54 Å². The number of hydrogen-bond donors (Lipinski definition) is 3.